The van der Waals surface area contributed by atoms with Gasteiger partial charge in [-0.2, -0.15) is 0 Å². The van der Waals surface area contributed by atoms with E-state index < -0.39 is 5.91 Å². The molecule has 30 heavy (non-hydrogen) atoms. The number of carbonyl (C=O) groups excluding carboxylic acids is 2. The molecule has 0 saturated heterocycles. The maximum absolute atomic E-state index is 12.4. The van der Waals surface area contributed by atoms with E-state index in [0.29, 0.717) is 17.1 Å². The van der Waals surface area contributed by atoms with Crippen LogP contribution in [0.3, 0.4) is 0 Å². The first kappa shape index (κ1) is 21.7. The van der Waals surface area contributed by atoms with E-state index in [1.807, 2.05) is 23.6 Å². The lowest BCUT2D eigenvalue weighted by Gasteiger charge is -2.08. The Morgan fingerprint density at radius 2 is 1.83 bits per heavy atom. The predicted molar refractivity (Wildman–Crippen MR) is 119 cm³/mol. The third-order valence-corrected chi connectivity index (χ3v) is 6.25. The molecular formula is C21H21N3O4S2. The van der Waals surface area contributed by atoms with E-state index in [1.54, 1.807) is 50.2 Å². The molecule has 0 atom stereocenters. The summed E-state index contributed by atoms with van der Waals surface area (Å²) in [6, 6.07) is 12.4. The van der Waals surface area contributed by atoms with E-state index in [9.17, 15) is 9.59 Å². The van der Waals surface area contributed by atoms with Crippen LogP contribution in [0, 0.1) is 0 Å². The number of carbonyl (C=O) groups is 2. The van der Waals surface area contributed by atoms with Gasteiger partial charge in [0.1, 0.15) is 15.8 Å². The summed E-state index contributed by atoms with van der Waals surface area (Å²) >= 11 is 3.05. The molecule has 0 spiro atoms. The van der Waals surface area contributed by atoms with Crippen molar-refractivity contribution < 1.29 is 19.1 Å². The molecule has 7 nitrogen and oxygen atoms in total. The SMILES string of the molecule is COc1cc(CSc2nc(CC(=O)Nc3ccccc3C(N)=O)cs2)cc(OC)c1. The number of benzene rings is 2. The lowest BCUT2D eigenvalue weighted by atomic mass is 10.1. The van der Waals surface area contributed by atoms with Crippen LogP contribution in [0.4, 0.5) is 5.69 Å². The van der Waals surface area contributed by atoms with Crippen LogP contribution < -0.4 is 20.5 Å². The molecule has 1 heterocycles. The van der Waals surface area contributed by atoms with Crippen LogP contribution in [-0.2, 0) is 17.0 Å². The summed E-state index contributed by atoms with van der Waals surface area (Å²) in [6.07, 6.45) is 0.108. The van der Waals surface area contributed by atoms with E-state index in [4.69, 9.17) is 15.2 Å². The molecule has 0 fully saturated rings. The quantitative estimate of drug-likeness (QED) is 0.489. The average molecular weight is 444 g/mol. The van der Waals surface area contributed by atoms with Gasteiger partial charge < -0.3 is 20.5 Å². The van der Waals surface area contributed by atoms with Gasteiger partial charge in [0.05, 0.1) is 37.6 Å². The minimum atomic E-state index is -0.590. The highest BCUT2D eigenvalue weighted by Crippen LogP contribution is 2.30. The van der Waals surface area contributed by atoms with Crippen molar-refractivity contribution in [3.05, 3.63) is 64.7 Å². The van der Waals surface area contributed by atoms with Crippen LogP contribution in [0.5, 0.6) is 11.5 Å². The Kier molecular flexibility index (Phi) is 7.31. The zero-order valence-electron chi connectivity index (χ0n) is 16.5. The highest BCUT2D eigenvalue weighted by Gasteiger charge is 2.13. The molecule has 2 amide bonds. The molecule has 0 radical (unpaired) electrons. The lowest BCUT2D eigenvalue weighted by Crippen LogP contribution is -2.19. The van der Waals surface area contributed by atoms with Crippen molar-refractivity contribution in [3.63, 3.8) is 0 Å². The van der Waals surface area contributed by atoms with Gasteiger partial charge in [0.2, 0.25) is 5.91 Å². The number of primary amides is 1. The number of thiazole rings is 1. The van der Waals surface area contributed by atoms with Crippen molar-refractivity contribution in [1.82, 2.24) is 4.98 Å². The molecule has 0 unspecified atom stereocenters. The Hall–Kier alpha value is -3.04. The van der Waals surface area contributed by atoms with Crippen LogP contribution in [0.15, 0.2) is 52.2 Å². The number of amides is 2. The lowest BCUT2D eigenvalue weighted by molar-refractivity contribution is -0.115. The Morgan fingerprint density at radius 3 is 2.50 bits per heavy atom. The fraction of sp³-hybridized carbons (Fsp3) is 0.190. The molecule has 0 bridgehead atoms. The molecule has 3 aromatic rings. The minimum Gasteiger partial charge on any atom is -0.497 e. The first-order valence-electron chi connectivity index (χ1n) is 8.96. The summed E-state index contributed by atoms with van der Waals surface area (Å²) in [5, 5.41) is 4.58. The third kappa shape index (κ3) is 5.74. The molecule has 0 aliphatic carbocycles. The predicted octanol–water partition coefficient (Wildman–Crippen LogP) is 3.73. The number of thioether (sulfide) groups is 1. The number of methoxy groups -OCH3 is 2. The van der Waals surface area contributed by atoms with Gasteiger partial charge in [-0.1, -0.05) is 23.9 Å². The van der Waals surface area contributed by atoms with Crippen molar-refractivity contribution in [2.45, 2.75) is 16.5 Å². The fourth-order valence-electron chi connectivity index (χ4n) is 2.70. The normalized spacial score (nSPS) is 10.5. The van der Waals surface area contributed by atoms with Crippen molar-refractivity contribution in [3.8, 4) is 11.5 Å². The first-order chi connectivity index (χ1) is 14.5. The average Bonchev–Trinajstić information content (AvgIpc) is 3.19. The van der Waals surface area contributed by atoms with Gasteiger partial charge in [-0.15, -0.1) is 11.3 Å². The number of hydrogen-bond acceptors (Lipinski definition) is 7. The van der Waals surface area contributed by atoms with E-state index >= 15 is 0 Å². The second kappa shape index (κ2) is 10.1. The summed E-state index contributed by atoms with van der Waals surface area (Å²) < 4.78 is 11.4. The molecule has 0 saturated carbocycles. The Balaban J connectivity index is 1.59. The highest BCUT2D eigenvalue weighted by atomic mass is 32.2. The smallest absolute Gasteiger partial charge is 0.250 e. The maximum Gasteiger partial charge on any atom is 0.250 e. The summed E-state index contributed by atoms with van der Waals surface area (Å²) in [6.45, 7) is 0. The van der Waals surface area contributed by atoms with Crippen LogP contribution in [0.25, 0.3) is 0 Å². The molecule has 0 aliphatic heterocycles. The van der Waals surface area contributed by atoms with Crippen LogP contribution in [0.1, 0.15) is 21.6 Å². The molecule has 3 N–H and O–H groups in total. The topological polar surface area (TPSA) is 104 Å². The first-order valence-corrected chi connectivity index (χ1v) is 10.8. The number of ether oxygens (including phenoxy) is 2. The van der Waals surface area contributed by atoms with E-state index in [1.165, 1.54) is 11.3 Å². The van der Waals surface area contributed by atoms with E-state index in [0.717, 1.165) is 21.4 Å². The standard InChI is InChI=1S/C21H21N3O4S2/c1-27-15-7-13(8-16(10-15)28-2)11-29-21-23-14(12-30-21)9-19(25)24-18-6-4-3-5-17(18)20(22)26/h3-8,10,12H,9,11H2,1-2H3,(H2,22,26)(H,24,25). The van der Waals surface area contributed by atoms with Crippen molar-refractivity contribution >= 4 is 40.6 Å². The third-order valence-electron chi connectivity index (χ3n) is 4.11. The van der Waals surface area contributed by atoms with E-state index in [-0.39, 0.29) is 17.9 Å². The molecule has 156 valence electrons. The minimum absolute atomic E-state index is 0.108. The van der Waals surface area contributed by atoms with Crippen molar-refractivity contribution in [2.75, 3.05) is 19.5 Å². The second-order valence-corrected chi connectivity index (χ2v) is 8.33. The zero-order valence-corrected chi connectivity index (χ0v) is 18.1. The number of nitrogens with one attached hydrogen (secondary N) is 1. The van der Waals surface area contributed by atoms with Gasteiger partial charge in [0.25, 0.3) is 5.91 Å². The summed E-state index contributed by atoms with van der Waals surface area (Å²) in [7, 11) is 3.23. The van der Waals surface area contributed by atoms with Crippen LogP contribution in [0.2, 0.25) is 0 Å². The van der Waals surface area contributed by atoms with Crippen LogP contribution in [-0.4, -0.2) is 31.0 Å². The van der Waals surface area contributed by atoms with Gasteiger partial charge >= 0.3 is 0 Å². The fourth-order valence-corrected chi connectivity index (χ4v) is 4.47. The molecule has 1 aromatic heterocycles. The number of hydrogen-bond donors (Lipinski definition) is 2. The number of nitrogens with zero attached hydrogens (tertiary/aromatic N) is 1. The zero-order chi connectivity index (χ0) is 21.5. The second-order valence-electron chi connectivity index (χ2n) is 6.25. The molecule has 2 aromatic carbocycles. The number of rotatable bonds is 9. The summed E-state index contributed by atoms with van der Waals surface area (Å²) in [5.74, 6) is 1.31. The summed E-state index contributed by atoms with van der Waals surface area (Å²) in [4.78, 5) is 28.3. The van der Waals surface area contributed by atoms with Crippen molar-refractivity contribution in [2.24, 2.45) is 5.73 Å². The van der Waals surface area contributed by atoms with Crippen LogP contribution >= 0.6 is 23.1 Å². The van der Waals surface area contributed by atoms with Gasteiger partial charge in [-0.25, -0.2) is 4.98 Å². The molecular weight excluding hydrogens is 422 g/mol. The Morgan fingerprint density at radius 1 is 1.13 bits per heavy atom. The number of para-hydroxylation sites is 1. The van der Waals surface area contributed by atoms with Gasteiger partial charge in [0.15, 0.2) is 0 Å². The van der Waals surface area contributed by atoms with E-state index in [2.05, 4.69) is 10.3 Å². The number of aromatic nitrogens is 1. The summed E-state index contributed by atoms with van der Waals surface area (Å²) in [5.41, 5.74) is 7.73. The van der Waals surface area contributed by atoms with Gasteiger partial charge in [0, 0.05) is 17.2 Å². The van der Waals surface area contributed by atoms with Gasteiger partial charge in [-0.05, 0) is 29.8 Å². The van der Waals surface area contributed by atoms with Gasteiger partial charge in [-0.3, -0.25) is 9.59 Å². The Bertz CT molecular complexity index is 1030. The highest BCUT2D eigenvalue weighted by molar-refractivity contribution is 8.00. The largest absolute Gasteiger partial charge is 0.497 e. The number of anilines is 1. The number of nitrogens with two attached hydrogens (primary N) is 1. The monoisotopic (exact) mass is 443 g/mol. The van der Waals surface area contributed by atoms with Crippen molar-refractivity contribution in [1.29, 1.82) is 0 Å². The Labute approximate surface area is 182 Å². The molecule has 9 heteroatoms. The molecule has 3 rings (SSSR count). The maximum atomic E-state index is 12.4. The molecule has 0 aliphatic rings.